The normalized spacial score (nSPS) is 21.7. The molecule has 0 radical (unpaired) electrons. The number of pyridine rings is 1. The van der Waals surface area contributed by atoms with Gasteiger partial charge in [-0.15, -0.1) is 0 Å². The molecule has 4 nitrogen and oxygen atoms in total. The highest BCUT2D eigenvalue weighted by molar-refractivity contribution is 7.92. The Bertz CT molecular complexity index is 768. The third kappa shape index (κ3) is 2.33. The van der Waals surface area contributed by atoms with E-state index < -0.39 is 15.1 Å². The summed E-state index contributed by atoms with van der Waals surface area (Å²) in [5.74, 6) is -0.158. The molecule has 20 heavy (non-hydrogen) atoms. The number of nitrogens with zero attached hydrogens (tertiary/aromatic N) is 1. The highest BCUT2D eigenvalue weighted by Gasteiger charge is 2.35. The molecule has 1 atom stereocenters. The number of carbonyl (C=O) groups excluding carboxylic acids is 1. The molecule has 0 bridgehead atoms. The van der Waals surface area contributed by atoms with Crippen LogP contribution < -0.4 is 0 Å². The van der Waals surface area contributed by atoms with Crippen molar-refractivity contribution in [3.63, 3.8) is 0 Å². The molecule has 0 amide bonds. The lowest BCUT2D eigenvalue weighted by Gasteiger charge is -2.21. The Kier molecular flexibility index (Phi) is 3.30. The third-order valence-corrected chi connectivity index (χ3v) is 5.93. The number of ketones is 1. The highest BCUT2D eigenvalue weighted by atomic mass is 32.2. The van der Waals surface area contributed by atoms with Crippen LogP contribution in [0.2, 0.25) is 0 Å². The molecule has 1 aromatic heterocycles. The number of hydrogen-bond donors (Lipinski definition) is 0. The molecule has 0 N–H and O–H groups in total. The molecule has 0 saturated carbocycles. The van der Waals surface area contributed by atoms with Crippen molar-refractivity contribution in [1.82, 2.24) is 4.98 Å². The Labute approximate surface area is 117 Å². The monoisotopic (exact) mass is 289 g/mol. The van der Waals surface area contributed by atoms with Crippen LogP contribution >= 0.6 is 0 Å². The minimum Gasteiger partial charge on any atom is -0.293 e. The topological polar surface area (TPSA) is 64.1 Å². The Hall–Kier alpha value is -1.75. The summed E-state index contributed by atoms with van der Waals surface area (Å²) in [4.78, 5) is 16.7. The van der Waals surface area contributed by atoms with E-state index in [4.69, 9.17) is 0 Å². The number of Topliss-reactive ketones (excluding diaryl/α,β-unsaturated/α-hetero) is 1. The van der Waals surface area contributed by atoms with Crippen LogP contribution in [0.5, 0.6) is 0 Å². The predicted octanol–water partition coefficient (Wildman–Crippen LogP) is 2.38. The van der Waals surface area contributed by atoms with Crippen LogP contribution in [0, 0.1) is 0 Å². The maximum Gasteiger partial charge on any atom is 0.180 e. The van der Waals surface area contributed by atoms with Crippen molar-refractivity contribution in [2.24, 2.45) is 0 Å². The second kappa shape index (κ2) is 4.98. The van der Waals surface area contributed by atoms with Crippen molar-refractivity contribution >= 4 is 26.5 Å². The molecule has 1 aliphatic heterocycles. The minimum atomic E-state index is -3.29. The average Bonchev–Trinajstić information content (AvgIpc) is 2.45. The molecule has 104 valence electrons. The smallest absolute Gasteiger partial charge is 0.180 e. The Balaban J connectivity index is 2.00. The van der Waals surface area contributed by atoms with Crippen LogP contribution in [-0.2, 0) is 9.84 Å². The van der Waals surface area contributed by atoms with E-state index in [0.29, 0.717) is 18.4 Å². The Morgan fingerprint density at radius 3 is 2.85 bits per heavy atom. The predicted molar refractivity (Wildman–Crippen MR) is 77.5 cm³/mol. The van der Waals surface area contributed by atoms with Gasteiger partial charge in [0.2, 0.25) is 0 Å². The van der Waals surface area contributed by atoms with Gasteiger partial charge in [0.25, 0.3) is 0 Å². The summed E-state index contributed by atoms with van der Waals surface area (Å²) >= 11 is 0. The summed E-state index contributed by atoms with van der Waals surface area (Å²) in [5.41, 5.74) is 1.26. The van der Waals surface area contributed by atoms with E-state index in [9.17, 15) is 13.2 Å². The van der Waals surface area contributed by atoms with Gasteiger partial charge in [0.15, 0.2) is 15.6 Å². The van der Waals surface area contributed by atoms with Crippen LogP contribution in [-0.4, -0.2) is 30.2 Å². The highest BCUT2D eigenvalue weighted by Crippen LogP contribution is 2.24. The lowest BCUT2D eigenvalue weighted by Crippen LogP contribution is -2.35. The average molecular weight is 289 g/mol. The molecule has 2 aromatic rings. The molecule has 5 heteroatoms. The quantitative estimate of drug-likeness (QED) is 0.796. The number of aromatic nitrogens is 1. The van der Waals surface area contributed by atoms with E-state index in [-0.39, 0.29) is 11.5 Å². The van der Waals surface area contributed by atoms with Crippen molar-refractivity contribution in [2.75, 3.05) is 5.75 Å². The number of carbonyl (C=O) groups is 1. The molecular formula is C15H15NO3S. The zero-order chi connectivity index (χ0) is 14.2. The number of benzene rings is 1. The molecule has 0 spiro atoms. The van der Waals surface area contributed by atoms with E-state index in [1.54, 1.807) is 30.5 Å². The SMILES string of the molecule is O=C(c1ccc2ncccc2c1)C1CCCCS1(=O)=O. The van der Waals surface area contributed by atoms with Crippen LogP contribution in [0.25, 0.3) is 10.9 Å². The first-order valence-electron chi connectivity index (χ1n) is 6.68. The molecule has 2 heterocycles. The maximum atomic E-state index is 12.5. The van der Waals surface area contributed by atoms with Crippen molar-refractivity contribution in [3.05, 3.63) is 42.1 Å². The molecular weight excluding hydrogens is 274 g/mol. The van der Waals surface area contributed by atoms with Crippen molar-refractivity contribution in [3.8, 4) is 0 Å². The zero-order valence-electron chi connectivity index (χ0n) is 11.0. The van der Waals surface area contributed by atoms with E-state index >= 15 is 0 Å². The van der Waals surface area contributed by atoms with Crippen molar-refractivity contribution in [2.45, 2.75) is 24.5 Å². The molecule has 1 saturated heterocycles. The zero-order valence-corrected chi connectivity index (χ0v) is 11.8. The van der Waals surface area contributed by atoms with Crippen LogP contribution in [0.1, 0.15) is 29.6 Å². The van der Waals surface area contributed by atoms with Crippen LogP contribution in [0.4, 0.5) is 0 Å². The molecule has 0 aliphatic carbocycles. The summed E-state index contributed by atoms with van der Waals surface area (Å²) in [6.07, 6.45) is 3.58. The molecule has 1 aromatic carbocycles. The number of hydrogen-bond acceptors (Lipinski definition) is 4. The van der Waals surface area contributed by atoms with Gasteiger partial charge in [-0.05, 0) is 37.1 Å². The first-order valence-corrected chi connectivity index (χ1v) is 8.40. The van der Waals surface area contributed by atoms with E-state index in [2.05, 4.69) is 4.98 Å². The third-order valence-electron chi connectivity index (χ3n) is 3.76. The first kappa shape index (κ1) is 13.2. The largest absolute Gasteiger partial charge is 0.293 e. The first-order chi connectivity index (χ1) is 9.58. The van der Waals surface area contributed by atoms with Gasteiger partial charge in [-0.2, -0.15) is 0 Å². The van der Waals surface area contributed by atoms with Crippen LogP contribution in [0.15, 0.2) is 36.5 Å². The summed E-state index contributed by atoms with van der Waals surface area (Å²) in [7, 11) is -3.29. The van der Waals surface area contributed by atoms with E-state index in [0.717, 1.165) is 17.3 Å². The van der Waals surface area contributed by atoms with Gasteiger partial charge in [0.05, 0.1) is 11.3 Å². The lowest BCUT2D eigenvalue weighted by atomic mass is 10.0. The lowest BCUT2D eigenvalue weighted by molar-refractivity contribution is 0.0981. The minimum absolute atomic E-state index is 0.124. The van der Waals surface area contributed by atoms with Gasteiger partial charge < -0.3 is 0 Å². The molecule has 3 rings (SSSR count). The van der Waals surface area contributed by atoms with Gasteiger partial charge in [0, 0.05) is 17.1 Å². The fourth-order valence-corrected chi connectivity index (χ4v) is 4.54. The number of rotatable bonds is 2. The Morgan fingerprint density at radius 1 is 1.20 bits per heavy atom. The number of fused-ring (bicyclic) bond motifs is 1. The summed E-state index contributed by atoms with van der Waals surface area (Å²) in [6.45, 7) is 0. The van der Waals surface area contributed by atoms with Gasteiger partial charge in [-0.3, -0.25) is 9.78 Å². The van der Waals surface area contributed by atoms with Crippen molar-refractivity contribution in [1.29, 1.82) is 0 Å². The van der Waals surface area contributed by atoms with Gasteiger partial charge >= 0.3 is 0 Å². The second-order valence-electron chi connectivity index (χ2n) is 5.13. The fraction of sp³-hybridized carbons (Fsp3) is 0.333. The fourth-order valence-electron chi connectivity index (χ4n) is 2.66. The maximum absolute atomic E-state index is 12.5. The second-order valence-corrected chi connectivity index (χ2v) is 7.43. The van der Waals surface area contributed by atoms with E-state index in [1.807, 2.05) is 6.07 Å². The molecule has 1 fully saturated rings. The number of sulfone groups is 1. The van der Waals surface area contributed by atoms with Gasteiger partial charge in [-0.25, -0.2) is 8.42 Å². The molecule has 1 unspecified atom stereocenters. The van der Waals surface area contributed by atoms with Crippen LogP contribution in [0.3, 0.4) is 0 Å². The molecule has 1 aliphatic rings. The summed E-state index contributed by atoms with van der Waals surface area (Å²) in [6, 6.07) is 8.83. The van der Waals surface area contributed by atoms with Gasteiger partial charge in [-0.1, -0.05) is 12.5 Å². The standard InChI is InChI=1S/C15H15NO3S/c17-15(14-5-1-2-9-20(14,18)19)12-6-7-13-11(10-12)4-3-8-16-13/h3-4,6-8,10,14H,1-2,5,9H2. The summed E-state index contributed by atoms with van der Waals surface area (Å²) in [5, 5.41) is -0.0167. The van der Waals surface area contributed by atoms with Gasteiger partial charge in [0.1, 0.15) is 5.25 Å². The Morgan fingerprint density at radius 2 is 2.05 bits per heavy atom. The van der Waals surface area contributed by atoms with Crippen molar-refractivity contribution < 1.29 is 13.2 Å². The summed E-state index contributed by atoms with van der Waals surface area (Å²) < 4.78 is 24.1. The van der Waals surface area contributed by atoms with E-state index in [1.165, 1.54) is 0 Å².